The summed E-state index contributed by atoms with van der Waals surface area (Å²) in [6.45, 7) is 3.35. The second-order valence-electron chi connectivity index (χ2n) is 5.78. The van der Waals surface area contributed by atoms with E-state index in [9.17, 15) is 4.79 Å². The second kappa shape index (κ2) is 7.24. The lowest BCUT2D eigenvalue weighted by Crippen LogP contribution is -2.42. The highest BCUT2D eigenvalue weighted by atomic mass is 16.5. The minimum absolute atomic E-state index is 0.0998. The van der Waals surface area contributed by atoms with Crippen molar-refractivity contribution in [1.29, 1.82) is 0 Å². The van der Waals surface area contributed by atoms with Crippen molar-refractivity contribution < 1.29 is 9.53 Å². The van der Waals surface area contributed by atoms with Crippen molar-refractivity contribution in [2.45, 2.75) is 25.8 Å². The van der Waals surface area contributed by atoms with Gasteiger partial charge in [-0.1, -0.05) is 12.1 Å². The minimum atomic E-state index is -0.187. The van der Waals surface area contributed by atoms with Crippen LogP contribution in [0.1, 0.15) is 18.5 Å². The van der Waals surface area contributed by atoms with Crippen LogP contribution in [0, 0.1) is 6.92 Å². The predicted molar refractivity (Wildman–Crippen MR) is 90.4 cm³/mol. The molecule has 1 aliphatic rings. The first-order valence-electron chi connectivity index (χ1n) is 7.89. The number of anilines is 1. The average Bonchev–Trinajstić information content (AvgIpc) is 2.56. The van der Waals surface area contributed by atoms with Crippen LogP contribution in [-0.2, 0) is 4.74 Å². The van der Waals surface area contributed by atoms with Crippen molar-refractivity contribution in [2.24, 2.45) is 0 Å². The van der Waals surface area contributed by atoms with Crippen LogP contribution < -0.4 is 10.6 Å². The van der Waals surface area contributed by atoms with Gasteiger partial charge in [-0.15, -0.1) is 0 Å². The normalized spacial score (nSPS) is 17.5. The first kappa shape index (κ1) is 15.5. The third-order valence-corrected chi connectivity index (χ3v) is 3.87. The minimum Gasteiger partial charge on any atom is -0.379 e. The summed E-state index contributed by atoms with van der Waals surface area (Å²) >= 11 is 0. The Morgan fingerprint density at radius 1 is 1.22 bits per heavy atom. The van der Waals surface area contributed by atoms with Crippen LogP contribution >= 0.6 is 0 Å². The molecule has 1 aliphatic heterocycles. The number of hydrogen-bond acceptors (Lipinski definition) is 3. The topological polar surface area (TPSA) is 63.2 Å². The molecule has 0 spiro atoms. The van der Waals surface area contributed by atoms with Crippen LogP contribution in [0.25, 0.3) is 11.1 Å². The van der Waals surface area contributed by atoms with Crippen LogP contribution in [0.15, 0.2) is 42.6 Å². The fourth-order valence-electron chi connectivity index (χ4n) is 2.68. The zero-order valence-corrected chi connectivity index (χ0v) is 13.2. The van der Waals surface area contributed by atoms with Crippen molar-refractivity contribution in [3.63, 3.8) is 0 Å². The molecular weight excluding hydrogens is 290 g/mol. The zero-order valence-electron chi connectivity index (χ0n) is 13.2. The average molecular weight is 311 g/mol. The Morgan fingerprint density at radius 3 is 2.74 bits per heavy atom. The first-order valence-corrected chi connectivity index (χ1v) is 7.89. The summed E-state index contributed by atoms with van der Waals surface area (Å²) < 4.78 is 5.36. The lowest BCUT2D eigenvalue weighted by atomic mass is 10.1. The maximum absolute atomic E-state index is 12.0. The first-order chi connectivity index (χ1) is 11.2. The molecule has 3 rings (SSSR count). The number of carbonyl (C=O) groups is 1. The molecule has 5 nitrogen and oxygen atoms in total. The number of carbonyl (C=O) groups excluding carboxylic acids is 1. The van der Waals surface area contributed by atoms with Gasteiger partial charge in [-0.25, -0.2) is 4.79 Å². The maximum Gasteiger partial charge on any atom is 0.319 e. The molecule has 5 heteroatoms. The van der Waals surface area contributed by atoms with Crippen LogP contribution in [0.5, 0.6) is 0 Å². The van der Waals surface area contributed by atoms with Crippen molar-refractivity contribution >= 4 is 11.7 Å². The van der Waals surface area contributed by atoms with Gasteiger partial charge in [0, 0.05) is 24.2 Å². The lowest BCUT2D eigenvalue weighted by molar-refractivity contribution is 0.0739. The number of aromatic nitrogens is 1. The summed E-state index contributed by atoms with van der Waals surface area (Å²) in [5.41, 5.74) is 3.97. The number of aryl methyl sites for hydroxylation is 1. The molecule has 2 heterocycles. The zero-order chi connectivity index (χ0) is 16.1. The number of nitrogens with one attached hydrogen (secondary N) is 2. The van der Waals surface area contributed by atoms with Gasteiger partial charge in [0.25, 0.3) is 0 Å². The molecular formula is C18H21N3O2. The van der Waals surface area contributed by atoms with Crippen molar-refractivity contribution in [3.8, 4) is 11.1 Å². The molecule has 1 atom stereocenters. The molecule has 0 bridgehead atoms. The molecule has 23 heavy (non-hydrogen) atoms. The van der Waals surface area contributed by atoms with Gasteiger partial charge < -0.3 is 15.4 Å². The van der Waals surface area contributed by atoms with Crippen LogP contribution in [0.2, 0.25) is 0 Å². The molecule has 1 aromatic carbocycles. The summed E-state index contributed by atoms with van der Waals surface area (Å²) in [5, 5.41) is 5.80. The highest BCUT2D eigenvalue weighted by Crippen LogP contribution is 2.21. The number of pyridine rings is 1. The molecule has 120 valence electrons. The fraction of sp³-hybridized carbons (Fsp3) is 0.333. The van der Waals surface area contributed by atoms with Crippen molar-refractivity contribution in [1.82, 2.24) is 10.3 Å². The number of urea groups is 1. The SMILES string of the molecule is Cc1cc(-c2ccc(NC(=O)NC3CCCOC3)cc2)ccn1. The third-order valence-electron chi connectivity index (χ3n) is 3.87. The lowest BCUT2D eigenvalue weighted by Gasteiger charge is -2.23. The van der Waals surface area contributed by atoms with E-state index in [1.54, 1.807) is 6.20 Å². The highest BCUT2D eigenvalue weighted by Gasteiger charge is 2.16. The number of benzene rings is 1. The fourth-order valence-corrected chi connectivity index (χ4v) is 2.68. The molecule has 1 saturated heterocycles. The standard InChI is InChI=1S/C18H21N3O2/c1-13-11-15(8-9-19-13)14-4-6-16(7-5-14)20-18(22)21-17-3-2-10-23-12-17/h4-9,11,17H,2-3,10,12H2,1H3,(H2,20,21,22). The Morgan fingerprint density at radius 2 is 2.04 bits per heavy atom. The van der Waals surface area contributed by atoms with E-state index in [4.69, 9.17) is 4.74 Å². The molecule has 1 aromatic heterocycles. The molecule has 0 saturated carbocycles. The number of amides is 2. The van der Waals surface area contributed by atoms with E-state index in [0.717, 1.165) is 42.0 Å². The van der Waals surface area contributed by atoms with Crippen LogP contribution in [0.3, 0.4) is 0 Å². The monoisotopic (exact) mass is 311 g/mol. The van der Waals surface area contributed by atoms with E-state index in [-0.39, 0.29) is 12.1 Å². The summed E-state index contributed by atoms with van der Waals surface area (Å²) in [4.78, 5) is 16.2. The van der Waals surface area contributed by atoms with Crippen molar-refractivity contribution in [3.05, 3.63) is 48.3 Å². The van der Waals surface area contributed by atoms with Gasteiger partial charge in [0.15, 0.2) is 0 Å². The van der Waals surface area contributed by atoms with Gasteiger partial charge in [0.05, 0.1) is 12.6 Å². The summed E-state index contributed by atoms with van der Waals surface area (Å²) in [5.74, 6) is 0. The number of ether oxygens (including phenoxy) is 1. The Balaban J connectivity index is 1.59. The smallest absolute Gasteiger partial charge is 0.319 e. The third kappa shape index (κ3) is 4.29. The molecule has 1 unspecified atom stereocenters. The molecule has 0 radical (unpaired) electrons. The second-order valence-corrected chi connectivity index (χ2v) is 5.78. The van der Waals surface area contributed by atoms with Crippen molar-refractivity contribution in [2.75, 3.05) is 18.5 Å². The van der Waals surface area contributed by atoms with E-state index in [0.29, 0.717) is 6.61 Å². The van der Waals surface area contributed by atoms with Gasteiger partial charge in [0.1, 0.15) is 0 Å². The summed E-state index contributed by atoms with van der Waals surface area (Å²) in [6, 6.07) is 11.7. The molecule has 2 amide bonds. The quantitative estimate of drug-likeness (QED) is 0.913. The molecule has 2 N–H and O–H groups in total. The Kier molecular flexibility index (Phi) is 4.88. The van der Waals surface area contributed by atoms with E-state index >= 15 is 0 Å². The van der Waals surface area contributed by atoms with Gasteiger partial charge in [0.2, 0.25) is 0 Å². The predicted octanol–water partition coefficient (Wildman–Crippen LogP) is 3.36. The molecule has 2 aromatic rings. The van der Waals surface area contributed by atoms with Crippen LogP contribution in [-0.4, -0.2) is 30.3 Å². The highest BCUT2D eigenvalue weighted by molar-refractivity contribution is 5.89. The number of rotatable bonds is 3. The van der Waals surface area contributed by atoms with E-state index < -0.39 is 0 Å². The van der Waals surface area contributed by atoms with E-state index in [1.165, 1.54) is 0 Å². The molecule has 1 fully saturated rings. The molecule has 0 aliphatic carbocycles. The van der Waals surface area contributed by atoms with E-state index in [2.05, 4.69) is 15.6 Å². The Labute approximate surface area is 136 Å². The largest absolute Gasteiger partial charge is 0.379 e. The maximum atomic E-state index is 12.0. The summed E-state index contributed by atoms with van der Waals surface area (Å²) in [7, 11) is 0. The van der Waals surface area contributed by atoms with Gasteiger partial charge in [-0.3, -0.25) is 4.98 Å². The number of nitrogens with zero attached hydrogens (tertiary/aromatic N) is 1. The van der Waals surface area contributed by atoms with Gasteiger partial charge in [-0.2, -0.15) is 0 Å². The van der Waals surface area contributed by atoms with E-state index in [1.807, 2.05) is 43.3 Å². The summed E-state index contributed by atoms with van der Waals surface area (Å²) in [6.07, 6.45) is 3.76. The van der Waals surface area contributed by atoms with Gasteiger partial charge in [-0.05, 0) is 55.2 Å². The van der Waals surface area contributed by atoms with Crippen LogP contribution in [0.4, 0.5) is 10.5 Å². The Bertz CT molecular complexity index is 664. The number of hydrogen-bond donors (Lipinski definition) is 2. The Hall–Kier alpha value is -2.40. The van der Waals surface area contributed by atoms with Gasteiger partial charge >= 0.3 is 6.03 Å².